The molecule has 0 bridgehead atoms. The van der Waals surface area contributed by atoms with Crippen molar-refractivity contribution in [3.63, 3.8) is 0 Å². The van der Waals surface area contributed by atoms with Gasteiger partial charge in [-0.3, -0.25) is 14.9 Å². The zero-order chi connectivity index (χ0) is 23.0. The fourth-order valence-corrected chi connectivity index (χ4v) is 6.35. The van der Waals surface area contributed by atoms with E-state index in [1.807, 2.05) is 24.3 Å². The highest BCUT2D eigenvalue weighted by Gasteiger charge is 2.52. The molecular weight excluding hydrogens is 502 g/mol. The van der Waals surface area contributed by atoms with Crippen molar-refractivity contribution in [2.45, 2.75) is 35.7 Å². The first-order valence-electron chi connectivity index (χ1n) is 10.2. The third-order valence-electron chi connectivity index (χ3n) is 6.15. The number of nitro groups is 1. The quantitative estimate of drug-likeness (QED) is 0.474. The zero-order valence-corrected chi connectivity index (χ0v) is 19.4. The number of halogens is 1. The topological polar surface area (TPSA) is 121 Å². The Morgan fingerprint density at radius 3 is 2.38 bits per heavy atom. The lowest BCUT2D eigenvalue weighted by Gasteiger charge is -2.56. The molecule has 2 fully saturated rings. The Balaban J connectivity index is 1.66. The molecule has 9 nitrogen and oxygen atoms in total. The SMILES string of the molecule is O=C1CCCN(S(=O)(=O)c2ccc([N+](=O)[O-])cc2)C[C@@H]2[C@@H](c3ccc(Br)cc3)[C@@H](CO)N12. The van der Waals surface area contributed by atoms with Crippen molar-refractivity contribution in [2.24, 2.45) is 0 Å². The third kappa shape index (κ3) is 4.05. The lowest BCUT2D eigenvalue weighted by Crippen LogP contribution is -2.69. The second kappa shape index (κ2) is 8.89. The number of hydrogen-bond acceptors (Lipinski definition) is 6. The van der Waals surface area contributed by atoms with Gasteiger partial charge in [-0.25, -0.2) is 8.42 Å². The minimum absolute atomic E-state index is 0.0280. The van der Waals surface area contributed by atoms with E-state index in [0.29, 0.717) is 6.42 Å². The second-order valence-electron chi connectivity index (χ2n) is 7.91. The Morgan fingerprint density at radius 1 is 1.12 bits per heavy atom. The Labute approximate surface area is 194 Å². The molecule has 0 aromatic heterocycles. The van der Waals surface area contributed by atoms with Crippen molar-refractivity contribution >= 4 is 37.5 Å². The van der Waals surface area contributed by atoms with E-state index in [1.165, 1.54) is 28.6 Å². The second-order valence-corrected chi connectivity index (χ2v) is 10.8. The van der Waals surface area contributed by atoms with Gasteiger partial charge in [0.1, 0.15) is 0 Å². The number of fused-ring (bicyclic) bond motifs is 1. The molecule has 0 saturated carbocycles. The predicted molar refractivity (Wildman–Crippen MR) is 119 cm³/mol. The average Bonchev–Trinajstić information content (AvgIpc) is 2.75. The Morgan fingerprint density at radius 2 is 1.78 bits per heavy atom. The number of hydrogen-bond donors (Lipinski definition) is 1. The van der Waals surface area contributed by atoms with E-state index in [2.05, 4.69) is 15.9 Å². The number of non-ortho nitro benzene ring substituents is 1. The molecule has 170 valence electrons. The number of nitro benzene ring substituents is 1. The highest BCUT2D eigenvalue weighted by atomic mass is 79.9. The summed E-state index contributed by atoms with van der Waals surface area (Å²) in [6.45, 7) is 0.0482. The number of aliphatic hydroxyl groups is 1. The smallest absolute Gasteiger partial charge is 0.269 e. The van der Waals surface area contributed by atoms with Crippen LogP contribution in [0.1, 0.15) is 24.3 Å². The molecule has 32 heavy (non-hydrogen) atoms. The Hall–Kier alpha value is -2.34. The molecule has 2 saturated heterocycles. The van der Waals surface area contributed by atoms with Gasteiger partial charge in [-0.2, -0.15) is 4.31 Å². The van der Waals surface area contributed by atoms with E-state index < -0.39 is 27.0 Å². The van der Waals surface area contributed by atoms with E-state index in [4.69, 9.17) is 0 Å². The minimum Gasteiger partial charge on any atom is -0.394 e. The van der Waals surface area contributed by atoms with Crippen LogP contribution in [0, 0.1) is 10.1 Å². The number of nitrogens with zero attached hydrogens (tertiary/aromatic N) is 3. The molecule has 11 heteroatoms. The summed E-state index contributed by atoms with van der Waals surface area (Å²) < 4.78 is 28.9. The molecule has 2 aliphatic rings. The highest BCUT2D eigenvalue weighted by molar-refractivity contribution is 9.10. The van der Waals surface area contributed by atoms with E-state index in [0.717, 1.165) is 10.0 Å². The normalized spacial score (nSPS) is 24.2. The van der Waals surface area contributed by atoms with Gasteiger partial charge in [-0.05, 0) is 36.2 Å². The molecule has 0 spiro atoms. The van der Waals surface area contributed by atoms with Crippen LogP contribution in [0.3, 0.4) is 0 Å². The van der Waals surface area contributed by atoms with Crippen molar-refractivity contribution in [2.75, 3.05) is 19.7 Å². The van der Waals surface area contributed by atoms with Crippen LogP contribution in [0.15, 0.2) is 57.9 Å². The van der Waals surface area contributed by atoms with E-state index in [9.17, 15) is 28.4 Å². The number of benzene rings is 2. The van der Waals surface area contributed by atoms with Gasteiger partial charge in [0.25, 0.3) is 5.69 Å². The number of sulfonamides is 1. The van der Waals surface area contributed by atoms with Crippen LogP contribution in [-0.2, 0) is 14.8 Å². The molecule has 2 aromatic carbocycles. The van der Waals surface area contributed by atoms with Crippen LogP contribution in [0.25, 0.3) is 0 Å². The molecule has 0 radical (unpaired) electrons. The summed E-state index contributed by atoms with van der Waals surface area (Å²) in [4.78, 5) is 24.6. The fraction of sp³-hybridized carbons (Fsp3) is 0.381. The van der Waals surface area contributed by atoms with Crippen LogP contribution in [-0.4, -0.2) is 65.3 Å². The van der Waals surface area contributed by atoms with Gasteiger partial charge >= 0.3 is 0 Å². The van der Waals surface area contributed by atoms with Gasteiger partial charge in [0.05, 0.1) is 28.5 Å². The Kier molecular flexibility index (Phi) is 6.35. The van der Waals surface area contributed by atoms with Crippen molar-refractivity contribution in [3.8, 4) is 0 Å². The predicted octanol–water partition coefficient (Wildman–Crippen LogP) is 2.50. The van der Waals surface area contributed by atoms with Gasteiger partial charge in [0.2, 0.25) is 15.9 Å². The van der Waals surface area contributed by atoms with Crippen LogP contribution >= 0.6 is 15.9 Å². The highest BCUT2D eigenvalue weighted by Crippen LogP contribution is 2.43. The summed E-state index contributed by atoms with van der Waals surface area (Å²) in [5.74, 6) is -0.292. The van der Waals surface area contributed by atoms with Gasteiger partial charge in [-0.15, -0.1) is 0 Å². The molecule has 3 atom stereocenters. The van der Waals surface area contributed by atoms with E-state index >= 15 is 0 Å². The van der Waals surface area contributed by atoms with E-state index in [1.54, 1.807) is 4.90 Å². The summed E-state index contributed by atoms with van der Waals surface area (Å²) in [6.07, 6.45) is 0.543. The molecule has 2 heterocycles. The first-order valence-corrected chi connectivity index (χ1v) is 12.4. The standard InChI is InChI=1S/C21H22BrN3O6S/c22-15-5-3-14(4-6-15)21-18-12-23(11-1-2-20(27)24(18)19(21)13-26)32(30,31)17-9-7-16(8-10-17)25(28)29/h3-10,18-19,21,26H,1-2,11-13H2/t18-,19-,21-/m1/s1. The lowest BCUT2D eigenvalue weighted by atomic mass is 9.74. The molecule has 2 aliphatic heterocycles. The fourth-order valence-electron chi connectivity index (χ4n) is 4.59. The third-order valence-corrected chi connectivity index (χ3v) is 8.56. The minimum atomic E-state index is -3.92. The molecule has 0 aliphatic carbocycles. The van der Waals surface area contributed by atoms with Gasteiger partial charge in [0, 0.05) is 42.0 Å². The maximum absolute atomic E-state index is 13.3. The maximum atomic E-state index is 13.3. The van der Waals surface area contributed by atoms with Gasteiger partial charge < -0.3 is 10.0 Å². The first-order chi connectivity index (χ1) is 15.2. The van der Waals surface area contributed by atoms with Crippen molar-refractivity contribution in [1.29, 1.82) is 0 Å². The molecule has 4 rings (SSSR count). The maximum Gasteiger partial charge on any atom is 0.269 e. The van der Waals surface area contributed by atoms with Crippen molar-refractivity contribution < 1.29 is 23.2 Å². The van der Waals surface area contributed by atoms with Crippen LogP contribution in [0.5, 0.6) is 0 Å². The average molecular weight is 524 g/mol. The molecule has 1 amide bonds. The summed E-state index contributed by atoms with van der Waals surface area (Å²) in [5.41, 5.74) is 0.739. The number of carbonyl (C=O) groups excluding carboxylic acids is 1. The van der Waals surface area contributed by atoms with Crippen LogP contribution < -0.4 is 0 Å². The Bertz CT molecular complexity index is 1120. The zero-order valence-electron chi connectivity index (χ0n) is 17.0. The van der Waals surface area contributed by atoms with Gasteiger partial charge in [0.15, 0.2) is 0 Å². The molecule has 0 unspecified atom stereocenters. The molecule has 2 aromatic rings. The van der Waals surface area contributed by atoms with Crippen LogP contribution in [0.2, 0.25) is 0 Å². The summed E-state index contributed by atoms with van der Waals surface area (Å²) in [6, 6.07) is 11.6. The van der Waals surface area contributed by atoms with Crippen LogP contribution in [0.4, 0.5) is 5.69 Å². The van der Waals surface area contributed by atoms with E-state index in [-0.39, 0.29) is 48.5 Å². The lowest BCUT2D eigenvalue weighted by molar-refractivity contribution is -0.384. The summed E-state index contributed by atoms with van der Waals surface area (Å²) >= 11 is 3.40. The number of carbonyl (C=O) groups is 1. The summed E-state index contributed by atoms with van der Waals surface area (Å²) in [5, 5.41) is 20.9. The number of aliphatic hydroxyl groups excluding tert-OH is 1. The summed E-state index contributed by atoms with van der Waals surface area (Å²) in [7, 11) is -3.92. The number of rotatable bonds is 5. The monoisotopic (exact) mass is 523 g/mol. The molecular formula is C21H22BrN3O6S. The largest absolute Gasteiger partial charge is 0.394 e. The van der Waals surface area contributed by atoms with Gasteiger partial charge in [-0.1, -0.05) is 28.1 Å². The van der Waals surface area contributed by atoms with Crippen molar-refractivity contribution in [1.82, 2.24) is 9.21 Å². The number of amides is 1. The first kappa shape index (κ1) is 22.8. The molecule has 1 N–H and O–H groups in total. The van der Waals surface area contributed by atoms with Crippen molar-refractivity contribution in [3.05, 3.63) is 68.7 Å².